The second kappa shape index (κ2) is 4.73. The minimum Gasteiger partial charge on any atom is -0.493 e. The number of ether oxygens (including phenoxy) is 1. The van der Waals surface area contributed by atoms with Crippen molar-refractivity contribution in [1.29, 1.82) is 0 Å². The molecule has 0 radical (unpaired) electrons. The maximum atomic E-state index is 6.19. The molecule has 1 atom stereocenters. The molecule has 0 saturated heterocycles. The van der Waals surface area contributed by atoms with Crippen molar-refractivity contribution in [1.82, 2.24) is 14.8 Å². The molecule has 0 aliphatic rings. The number of aryl methyl sites for hydroxylation is 1. The molecule has 0 spiro atoms. The van der Waals surface area contributed by atoms with Gasteiger partial charge >= 0.3 is 0 Å². The van der Waals surface area contributed by atoms with Gasteiger partial charge in [-0.2, -0.15) is 5.10 Å². The van der Waals surface area contributed by atoms with Gasteiger partial charge in [-0.15, -0.1) is 0 Å². The van der Waals surface area contributed by atoms with Gasteiger partial charge in [-0.1, -0.05) is 11.6 Å². The van der Waals surface area contributed by atoms with Crippen molar-refractivity contribution < 1.29 is 4.74 Å². The lowest BCUT2D eigenvalue weighted by Crippen LogP contribution is -2.17. The minimum atomic E-state index is -0.395. The normalized spacial score (nSPS) is 12.5. The fourth-order valence-corrected chi connectivity index (χ4v) is 1.96. The minimum absolute atomic E-state index is 0.395. The molecule has 17 heavy (non-hydrogen) atoms. The molecule has 0 saturated carbocycles. The highest BCUT2D eigenvalue weighted by Gasteiger charge is 2.20. The molecule has 1 unspecified atom stereocenters. The molecule has 0 aliphatic carbocycles. The largest absolute Gasteiger partial charge is 0.493 e. The number of nitrogens with zero attached hydrogens (tertiary/aromatic N) is 3. The molecular weight excluding hydrogens is 240 g/mol. The lowest BCUT2D eigenvalue weighted by atomic mass is 10.1. The van der Waals surface area contributed by atoms with Gasteiger partial charge in [0.25, 0.3) is 0 Å². The van der Waals surface area contributed by atoms with Crippen LogP contribution >= 0.6 is 11.6 Å². The summed E-state index contributed by atoms with van der Waals surface area (Å²) in [6.07, 6.45) is 4.85. The number of nitrogens with two attached hydrogens (primary N) is 1. The Morgan fingerprint density at radius 2 is 2.24 bits per heavy atom. The van der Waals surface area contributed by atoms with Crippen LogP contribution < -0.4 is 10.5 Å². The van der Waals surface area contributed by atoms with Crippen LogP contribution in [0.2, 0.25) is 5.02 Å². The van der Waals surface area contributed by atoms with Crippen molar-refractivity contribution in [3.8, 4) is 5.75 Å². The highest BCUT2D eigenvalue weighted by molar-refractivity contribution is 6.31. The fourth-order valence-electron chi connectivity index (χ4n) is 1.72. The molecule has 2 rings (SSSR count). The van der Waals surface area contributed by atoms with Crippen LogP contribution in [0.15, 0.2) is 24.7 Å². The van der Waals surface area contributed by atoms with Gasteiger partial charge < -0.3 is 10.5 Å². The maximum Gasteiger partial charge on any atom is 0.161 e. The molecule has 2 heterocycles. The van der Waals surface area contributed by atoms with Crippen molar-refractivity contribution >= 4 is 11.6 Å². The van der Waals surface area contributed by atoms with Gasteiger partial charge in [0, 0.05) is 19.4 Å². The van der Waals surface area contributed by atoms with E-state index in [1.165, 1.54) is 0 Å². The quantitative estimate of drug-likeness (QED) is 0.900. The Hall–Kier alpha value is -1.59. The Morgan fingerprint density at radius 3 is 2.88 bits per heavy atom. The van der Waals surface area contributed by atoms with Crippen molar-refractivity contribution in [3.05, 3.63) is 40.9 Å². The van der Waals surface area contributed by atoms with Crippen LogP contribution in [0.4, 0.5) is 0 Å². The molecule has 2 aromatic rings. The second-order valence-corrected chi connectivity index (χ2v) is 4.00. The maximum absolute atomic E-state index is 6.19. The summed E-state index contributed by atoms with van der Waals surface area (Å²) in [5.74, 6) is 0.646. The van der Waals surface area contributed by atoms with E-state index in [2.05, 4.69) is 10.1 Å². The van der Waals surface area contributed by atoms with E-state index < -0.39 is 6.04 Å². The SMILES string of the molecule is COc1cnn(C)c1C(N)c1ccncc1Cl. The van der Waals surface area contributed by atoms with E-state index in [-0.39, 0.29) is 0 Å². The number of halogens is 1. The Morgan fingerprint density at radius 1 is 1.47 bits per heavy atom. The third kappa shape index (κ3) is 2.11. The molecule has 0 amide bonds. The highest BCUT2D eigenvalue weighted by atomic mass is 35.5. The summed E-state index contributed by atoms with van der Waals surface area (Å²) in [6, 6.07) is 1.40. The van der Waals surface area contributed by atoms with Crippen LogP contribution in [0.3, 0.4) is 0 Å². The first-order chi connectivity index (χ1) is 8.15. The molecular formula is C11H13ClN4O. The molecule has 2 N–H and O–H groups in total. The predicted molar refractivity (Wildman–Crippen MR) is 65.0 cm³/mol. The number of rotatable bonds is 3. The van der Waals surface area contributed by atoms with Crippen LogP contribution in [0, 0.1) is 0 Å². The average molecular weight is 253 g/mol. The summed E-state index contributed by atoms with van der Waals surface area (Å²) < 4.78 is 6.91. The van der Waals surface area contributed by atoms with E-state index in [1.807, 2.05) is 7.05 Å². The monoisotopic (exact) mass is 252 g/mol. The highest BCUT2D eigenvalue weighted by Crippen LogP contribution is 2.30. The van der Waals surface area contributed by atoms with E-state index in [4.69, 9.17) is 22.1 Å². The van der Waals surface area contributed by atoms with E-state index >= 15 is 0 Å². The van der Waals surface area contributed by atoms with Gasteiger partial charge in [0.15, 0.2) is 5.75 Å². The van der Waals surface area contributed by atoms with Crippen LogP contribution in [-0.2, 0) is 7.05 Å². The Balaban J connectivity index is 2.47. The Bertz CT molecular complexity index is 526. The van der Waals surface area contributed by atoms with E-state index in [0.717, 1.165) is 11.3 Å². The second-order valence-electron chi connectivity index (χ2n) is 3.60. The van der Waals surface area contributed by atoms with E-state index in [1.54, 1.807) is 36.4 Å². The molecule has 0 bridgehead atoms. The summed E-state index contributed by atoms with van der Waals surface area (Å²) >= 11 is 6.07. The third-order valence-corrected chi connectivity index (χ3v) is 2.92. The van der Waals surface area contributed by atoms with Crippen LogP contribution in [0.1, 0.15) is 17.3 Å². The molecule has 0 aromatic carbocycles. The van der Waals surface area contributed by atoms with Gasteiger partial charge in [-0.3, -0.25) is 9.67 Å². The number of hydrogen-bond donors (Lipinski definition) is 1. The van der Waals surface area contributed by atoms with Gasteiger partial charge in [0.2, 0.25) is 0 Å². The zero-order valence-corrected chi connectivity index (χ0v) is 10.3. The van der Waals surface area contributed by atoms with Gasteiger partial charge in [0.1, 0.15) is 5.69 Å². The van der Waals surface area contributed by atoms with E-state index in [0.29, 0.717) is 10.8 Å². The Kier molecular flexibility index (Phi) is 3.31. The van der Waals surface area contributed by atoms with E-state index in [9.17, 15) is 0 Å². The molecule has 0 fully saturated rings. The third-order valence-electron chi connectivity index (χ3n) is 2.60. The number of pyridine rings is 1. The zero-order chi connectivity index (χ0) is 12.4. The van der Waals surface area contributed by atoms with Gasteiger partial charge in [-0.25, -0.2) is 0 Å². The number of hydrogen-bond acceptors (Lipinski definition) is 4. The molecule has 0 aliphatic heterocycles. The first-order valence-corrected chi connectivity index (χ1v) is 5.43. The summed E-state index contributed by atoms with van der Waals surface area (Å²) in [5.41, 5.74) is 7.76. The molecule has 2 aromatic heterocycles. The summed E-state index contributed by atoms with van der Waals surface area (Å²) in [4.78, 5) is 3.93. The van der Waals surface area contributed by atoms with Crippen molar-refractivity contribution in [2.24, 2.45) is 12.8 Å². The average Bonchev–Trinajstić information content (AvgIpc) is 2.70. The predicted octanol–water partition coefficient (Wildman–Crippen LogP) is 1.53. The van der Waals surface area contributed by atoms with Crippen molar-refractivity contribution in [2.45, 2.75) is 6.04 Å². The van der Waals surface area contributed by atoms with Crippen molar-refractivity contribution in [3.63, 3.8) is 0 Å². The topological polar surface area (TPSA) is 66.0 Å². The Labute approximate surface area is 104 Å². The fraction of sp³-hybridized carbons (Fsp3) is 0.273. The summed E-state index contributed by atoms with van der Waals surface area (Å²) in [7, 11) is 3.40. The molecule has 5 nitrogen and oxygen atoms in total. The number of methoxy groups -OCH3 is 1. The van der Waals surface area contributed by atoms with Gasteiger partial charge in [-0.05, 0) is 11.6 Å². The summed E-state index contributed by atoms with van der Waals surface area (Å²) in [5, 5.41) is 4.65. The standard InChI is InChI=1S/C11H13ClN4O/c1-16-11(9(17-2)6-15-16)10(13)7-3-4-14-5-8(7)12/h3-6,10H,13H2,1-2H3. The van der Waals surface area contributed by atoms with Crippen LogP contribution in [0.5, 0.6) is 5.75 Å². The molecule has 90 valence electrons. The lowest BCUT2D eigenvalue weighted by Gasteiger charge is -2.15. The van der Waals surface area contributed by atoms with Crippen LogP contribution in [0.25, 0.3) is 0 Å². The summed E-state index contributed by atoms with van der Waals surface area (Å²) in [6.45, 7) is 0. The smallest absolute Gasteiger partial charge is 0.161 e. The molecule has 6 heteroatoms. The van der Waals surface area contributed by atoms with Crippen molar-refractivity contribution in [2.75, 3.05) is 7.11 Å². The van der Waals surface area contributed by atoms with Crippen LogP contribution in [-0.4, -0.2) is 21.9 Å². The first-order valence-electron chi connectivity index (χ1n) is 5.06. The lowest BCUT2D eigenvalue weighted by molar-refractivity contribution is 0.406. The first kappa shape index (κ1) is 11.9. The number of aromatic nitrogens is 3. The van der Waals surface area contributed by atoms with Gasteiger partial charge in [0.05, 0.1) is 24.4 Å². The zero-order valence-electron chi connectivity index (χ0n) is 9.59.